The minimum Gasteiger partial charge on any atom is -0.309 e. The summed E-state index contributed by atoms with van der Waals surface area (Å²) in [5.74, 6) is -0.621. The first-order valence-corrected chi connectivity index (χ1v) is 8.99. The van der Waals surface area contributed by atoms with Gasteiger partial charge in [-0.2, -0.15) is 0 Å². The van der Waals surface area contributed by atoms with Gasteiger partial charge in [0.25, 0.3) is 11.8 Å². The summed E-state index contributed by atoms with van der Waals surface area (Å²) in [6.45, 7) is 0.544. The third-order valence-corrected chi connectivity index (χ3v) is 5.04. The van der Waals surface area contributed by atoms with Crippen LogP contribution in [0.1, 0.15) is 27.1 Å². The van der Waals surface area contributed by atoms with Crippen molar-refractivity contribution in [2.75, 3.05) is 11.9 Å². The summed E-state index contributed by atoms with van der Waals surface area (Å²) in [5, 5.41) is 5.83. The molecule has 2 N–H and O–H groups in total. The van der Waals surface area contributed by atoms with Crippen LogP contribution in [0.5, 0.6) is 0 Å². The normalized spacial score (nSPS) is 21.8. The van der Waals surface area contributed by atoms with Crippen LogP contribution in [0.3, 0.4) is 0 Å². The Hall–Kier alpha value is -2.58. The number of rotatable bonds is 3. The van der Waals surface area contributed by atoms with E-state index in [-0.39, 0.29) is 17.7 Å². The third-order valence-electron chi connectivity index (χ3n) is 4.60. The molecule has 3 amide bonds. The van der Waals surface area contributed by atoms with Crippen LogP contribution >= 0.6 is 15.9 Å². The zero-order chi connectivity index (χ0) is 18.3. The van der Waals surface area contributed by atoms with E-state index in [2.05, 4.69) is 31.5 Å². The molecule has 0 spiro atoms. The molecule has 1 aromatic heterocycles. The molecule has 2 aromatic rings. The number of hydrogen-bond donors (Lipinski definition) is 2. The first-order chi connectivity index (χ1) is 12.6. The van der Waals surface area contributed by atoms with Crippen molar-refractivity contribution in [3.05, 3.63) is 58.2 Å². The highest BCUT2D eigenvalue weighted by Crippen LogP contribution is 2.28. The highest BCUT2D eigenvalue weighted by molar-refractivity contribution is 9.10. The van der Waals surface area contributed by atoms with Crippen molar-refractivity contribution in [1.29, 1.82) is 0 Å². The summed E-state index contributed by atoms with van der Waals surface area (Å²) >= 11 is 3.26. The largest absolute Gasteiger partial charge is 0.309 e. The van der Waals surface area contributed by atoms with Crippen molar-refractivity contribution in [2.24, 2.45) is 0 Å². The number of fused-ring (bicyclic) bond motifs is 1. The lowest BCUT2D eigenvalue weighted by atomic mass is 10.1. The van der Waals surface area contributed by atoms with Gasteiger partial charge in [0.2, 0.25) is 5.91 Å². The molecule has 1 aromatic carbocycles. The fourth-order valence-corrected chi connectivity index (χ4v) is 3.77. The van der Waals surface area contributed by atoms with Gasteiger partial charge in [0.15, 0.2) is 0 Å². The van der Waals surface area contributed by atoms with Gasteiger partial charge in [0, 0.05) is 0 Å². The van der Waals surface area contributed by atoms with Gasteiger partial charge in [-0.1, -0.05) is 18.2 Å². The number of pyridine rings is 1. The van der Waals surface area contributed by atoms with Crippen molar-refractivity contribution in [2.45, 2.75) is 18.5 Å². The van der Waals surface area contributed by atoms with E-state index in [9.17, 15) is 14.4 Å². The van der Waals surface area contributed by atoms with Crippen LogP contribution in [-0.4, -0.2) is 46.2 Å². The summed E-state index contributed by atoms with van der Waals surface area (Å²) < 4.78 is 0.603. The number of anilines is 1. The Morgan fingerprint density at radius 3 is 2.46 bits per heavy atom. The van der Waals surface area contributed by atoms with Crippen LogP contribution in [0, 0.1) is 0 Å². The van der Waals surface area contributed by atoms with Gasteiger partial charge in [0.1, 0.15) is 16.5 Å². The van der Waals surface area contributed by atoms with Gasteiger partial charge in [0.05, 0.1) is 17.2 Å². The SMILES string of the molecule is O=C(Nc1cccc(Br)n1)C1NCCC1N1C(=O)c2ccccc2C1=O. The number of benzene rings is 1. The quantitative estimate of drug-likeness (QED) is 0.590. The number of hydrogen-bond acceptors (Lipinski definition) is 5. The Kier molecular flexibility index (Phi) is 4.29. The molecule has 3 heterocycles. The van der Waals surface area contributed by atoms with Crippen LogP contribution < -0.4 is 10.6 Å². The van der Waals surface area contributed by atoms with E-state index in [0.29, 0.717) is 34.5 Å². The minimum atomic E-state index is -0.682. The van der Waals surface area contributed by atoms with Gasteiger partial charge in [-0.3, -0.25) is 19.3 Å². The minimum absolute atomic E-state index is 0.324. The van der Waals surface area contributed by atoms with E-state index >= 15 is 0 Å². The predicted molar refractivity (Wildman–Crippen MR) is 97.7 cm³/mol. The summed E-state index contributed by atoms with van der Waals surface area (Å²) in [5.41, 5.74) is 0.773. The van der Waals surface area contributed by atoms with Crippen LogP contribution in [0.15, 0.2) is 47.1 Å². The second-order valence-corrected chi connectivity index (χ2v) is 6.96. The van der Waals surface area contributed by atoms with Gasteiger partial charge < -0.3 is 10.6 Å². The zero-order valence-electron chi connectivity index (χ0n) is 13.6. The maximum Gasteiger partial charge on any atom is 0.261 e. The van der Waals surface area contributed by atoms with Crippen molar-refractivity contribution in [1.82, 2.24) is 15.2 Å². The lowest BCUT2D eigenvalue weighted by molar-refractivity contribution is -0.118. The van der Waals surface area contributed by atoms with Crippen LogP contribution in [0.2, 0.25) is 0 Å². The predicted octanol–water partition coefficient (Wildman–Crippen LogP) is 1.81. The Morgan fingerprint density at radius 2 is 1.81 bits per heavy atom. The topological polar surface area (TPSA) is 91.4 Å². The monoisotopic (exact) mass is 414 g/mol. The Morgan fingerprint density at radius 1 is 1.12 bits per heavy atom. The molecule has 2 unspecified atom stereocenters. The van der Waals surface area contributed by atoms with Crippen LogP contribution in [-0.2, 0) is 4.79 Å². The van der Waals surface area contributed by atoms with E-state index in [1.807, 2.05) is 0 Å². The number of nitrogens with zero attached hydrogens (tertiary/aromatic N) is 2. The lowest BCUT2D eigenvalue weighted by Crippen LogP contribution is -2.52. The standard InChI is InChI=1S/C18H15BrN4O3/c19-13-6-3-7-14(21-13)22-16(24)15-12(8-9-20-15)23-17(25)10-4-1-2-5-11(10)18(23)26/h1-7,12,15,20H,8-9H2,(H,21,22,24). The molecule has 0 bridgehead atoms. The molecule has 132 valence electrons. The van der Waals surface area contributed by atoms with Crippen molar-refractivity contribution < 1.29 is 14.4 Å². The lowest BCUT2D eigenvalue weighted by Gasteiger charge is -2.26. The molecular weight excluding hydrogens is 400 g/mol. The van der Waals surface area contributed by atoms with Gasteiger partial charge in [-0.25, -0.2) is 4.98 Å². The van der Waals surface area contributed by atoms with Crippen molar-refractivity contribution in [3.63, 3.8) is 0 Å². The molecule has 2 atom stereocenters. The molecule has 1 fully saturated rings. The molecule has 0 saturated carbocycles. The first kappa shape index (κ1) is 16.9. The second-order valence-electron chi connectivity index (χ2n) is 6.15. The third kappa shape index (κ3) is 2.81. The molecular formula is C18H15BrN4O3. The molecule has 8 heteroatoms. The number of nitrogens with one attached hydrogen (secondary N) is 2. The molecule has 0 radical (unpaired) electrons. The van der Waals surface area contributed by atoms with E-state index in [0.717, 1.165) is 0 Å². The molecule has 0 aliphatic carbocycles. The van der Waals surface area contributed by atoms with Gasteiger partial charge in [-0.05, 0) is 53.2 Å². The number of halogens is 1. The molecule has 2 aliphatic heterocycles. The van der Waals surface area contributed by atoms with Crippen LogP contribution in [0.25, 0.3) is 0 Å². The number of amides is 3. The number of imide groups is 1. The molecule has 4 rings (SSSR count). The van der Waals surface area contributed by atoms with Crippen LogP contribution in [0.4, 0.5) is 5.82 Å². The van der Waals surface area contributed by atoms with Crippen molar-refractivity contribution >= 4 is 39.5 Å². The first-order valence-electron chi connectivity index (χ1n) is 8.20. The molecule has 26 heavy (non-hydrogen) atoms. The van der Waals surface area contributed by atoms with Crippen molar-refractivity contribution in [3.8, 4) is 0 Å². The van der Waals surface area contributed by atoms with E-state index in [4.69, 9.17) is 0 Å². The van der Waals surface area contributed by atoms with Gasteiger partial charge in [-0.15, -0.1) is 0 Å². The molecule has 7 nitrogen and oxygen atoms in total. The maximum atomic E-state index is 12.7. The summed E-state index contributed by atoms with van der Waals surface area (Å²) in [6.07, 6.45) is 0.523. The summed E-state index contributed by atoms with van der Waals surface area (Å²) in [4.78, 5) is 43.5. The summed E-state index contributed by atoms with van der Waals surface area (Å²) in [7, 11) is 0. The maximum absolute atomic E-state index is 12.7. The highest BCUT2D eigenvalue weighted by atomic mass is 79.9. The highest BCUT2D eigenvalue weighted by Gasteiger charge is 2.46. The molecule has 1 saturated heterocycles. The number of aromatic nitrogens is 1. The number of carbonyl (C=O) groups excluding carboxylic acids is 3. The fourth-order valence-electron chi connectivity index (χ4n) is 3.43. The number of carbonyl (C=O) groups is 3. The Labute approximate surface area is 157 Å². The van der Waals surface area contributed by atoms with E-state index in [1.54, 1.807) is 42.5 Å². The zero-order valence-corrected chi connectivity index (χ0v) is 15.2. The average molecular weight is 415 g/mol. The summed E-state index contributed by atoms with van der Waals surface area (Å²) in [6, 6.07) is 10.7. The van der Waals surface area contributed by atoms with Gasteiger partial charge >= 0.3 is 0 Å². The Bertz CT molecular complexity index is 882. The van der Waals surface area contributed by atoms with E-state index in [1.165, 1.54) is 4.90 Å². The second kappa shape index (κ2) is 6.62. The molecule has 2 aliphatic rings. The smallest absolute Gasteiger partial charge is 0.261 e. The van der Waals surface area contributed by atoms with E-state index < -0.39 is 12.1 Å². The fraction of sp³-hybridized carbons (Fsp3) is 0.222. The Balaban J connectivity index is 1.57. The average Bonchev–Trinajstić information content (AvgIpc) is 3.19.